The first kappa shape index (κ1) is 10.9. The Balaban J connectivity index is 1.82. The summed E-state index contributed by atoms with van der Waals surface area (Å²) < 4.78 is 0. The van der Waals surface area contributed by atoms with Gasteiger partial charge in [-0.3, -0.25) is 4.79 Å². The lowest BCUT2D eigenvalue weighted by Crippen LogP contribution is -2.46. The molecule has 3 unspecified atom stereocenters. The van der Waals surface area contributed by atoms with Crippen LogP contribution < -0.4 is 11.1 Å². The Morgan fingerprint density at radius 1 is 1.27 bits per heavy atom. The van der Waals surface area contributed by atoms with Crippen LogP contribution in [0.5, 0.6) is 0 Å². The van der Waals surface area contributed by atoms with Gasteiger partial charge in [0.2, 0.25) is 5.91 Å². The second-order valence-corrected chi connectivity index (χ2v) is 5.19. The van der Waals surface area contributed by atoms with Crippen LogP contribution in [-0.4, -0.2) is 18.0 Å². The molecule has 0 aliphatic heterocycles. The Bertz CT molecular complexity index is 238. The number of rotatable bonds is 3. The Hall–Kier alpha value is -0.570. The lowest BCUT2D eigenvalue weighted by atomic mass is 9.84. The molecule has 3 N–H and O–H groups in total. The van der Waals surface area contributed by atoms with E-state index in [0.717, 1.165) is 25.2 Å². The lowest BCUT2D eigenvalue weighted by Gasteiger charge is -2.28. The zero-order valence-electron chi connectivity index (χ0n) is 9.54. The number of carbonyl (C=O) groups excluding carboxylic acids is 1. The predicted molar refractivity (Wildman–Crippen MR) is 60.3 cm³/mol. The zero-order valence-corrected chi connectivity index (χ0v) is 9.54. The minimum atomic E-state index is 0.0694. The van der Waals surface area contributed by atoms with E-state index in [-0.39, 0.29) is 17.9 Å². The molecule has 15 heavy (non-hydrogen) atoms. The molecule has 2 aliphatic rings. The molecule has 3 heteroatoms. The van der Waals surface area contributed by atoms with Gasteiger partial charge in [0.1, 0.15) is 0 Å². The summed E-state index contributed by atoms with van der Waals surface area (Å²) in [4.78, 5) is 12.0. The molecule has 0 saturated heterocycles. The fourth-order valence-corrected chi connectivity index (χ4v) is 2.53. The van der Waals surface area contributed by atoms with Crippen molar-refractivity contribution in [3.8, 4) is 0 Å². The molecule has 0 spiro atoms. The first-order valence-electron chi connectivity index (χ1n) is 6.24. The molecule has 0 radical (unpaired) electrons. The van der Waals surface area contributed by atoms with E-state index in [2.05, 4.69) is 12.2 Å². The number of nitrogens with one attached hydrogen (secondary N) is 1. The van der Waals surface area contributed by atoms with E-state index in [1.165, 1.54) is 19.3 Å². The van der Waals surface area contributed by atoms with E-state index < -0.39 is 0 Å². The minimum Gasteiger partial charge on any atom is -0.353 e. The standard InChI is InChI=1S/C12H22N2O/c1-8(9-6-7-9)14-12(15)10-4-2-3-5-11(10)13/h8-11H,2-7,13H2,1H3,(H,14,15). The summed E-state index contributed by atoms with van der Waals surface area (Å²) in [5.74, 6) is 0.996. The van der Waals surface area contributed by atoms with E-state index >= 15 is 0 Å². The SMILES string of the molecule is CC(NC(=O)C1CCCCC1N)C1CC1. The van der Waals surface area contributed by atoms with Crippen LogP contribution in [0.25, 0.3) is 0 Å². The fourth-order valence-electron chi connectivity index (χ4n) is 2.53. The zero-order chi connectivity index (χ0) is 10.8. The van der Waals surface area contributed by atoms with Gasteiger partial charge in [-0.05, 0) is 38.5 Å². The van der Waals surface area contributed by atoms with Crippen molar-refractivity contribution < 1.29 is 4.79 Å². The molecule has 0 bridgehead atoms. The maximum atomic E-state index is 12.0. The molecular weight excluding hydrogens is 188 g/mol. The summed E-state index contributed by atoms with van der Waals surface area (Å²) in [5, 5.41) is 3.12. The maximum absolute atomic E-state index is 12.0. The number of hydrogen-bond acceptors (Lipinski definition) is 2. The molecule has 1 amide bonds. The summed E-state index contributed by atoms with van der Waals surface area (Å²) in [6, 6.07) is 0.441. The highest BCUT2D eigenvalue weighted by Crippen LogP contribution is 2.32. The normalized spacial score (nSPS) is 33.5. The highest BCUT2D eigenvalue weighted by Gasteiger charge is 2.33. The van der Waals surface area contributed by atoms with Crippen LogP contribution in [0.1, 0.15) is 45.4 Å². The van der Waals surface area contributed by atoms with Crippen molar-refractivity contribution in [2.45, 2.75) is 57.5 Å². The third-order valence-electron chi connectivity index (χ3n) is 3.86. The van der Waals surface area contributed by atoms with Gasteiger partial charge in [0.25, 0.3) is 0 Å². The average molecular weight is 210 g/mol. The van der Waals surface area contributed by atoms with Crippen molar-refractivity contribution >= 4 is 5.91 Å². The van der Waals surface area contributed by atoms with Crippen molar-refractivity contribution in [3.05, 3.63) is 0 Å². The van der Waals surface area contributed by atoms with Gasteiger partial charge < -0.3 is 11.1 Å². The molecule has 2 rings (SSSR count). The van der Waals surface area contributed by atoms with Crippen LogP contribution in [0.3, 0.4) is 0 Å². The Morgan fingerprint density at radius 3 is 2.53 bits per heavy atom. The van der Waals surface area contributed by atoms with Gasteiger partial charge in [-0.25, -0.2) is 0 Å². The fraction of sp³-hybridized carbons (Fsp3) is 0.917. The maximum Gasteiger partial charge on any atom is 0.224 e. The van der Waals surface area contributed by atoms with Crippen molar-refractivity contribution in [2.24, 2.45) is 17.6 Å². The molecular formula is C12H22N2O. The monoisotopic (exact) mass is 210 g/mol. The summed E-state index contributed by atoms with van der Waals surface area (Å²) in [6.07, 6.45) is 6.88. The quantitative estimate of drug-likeness (QED) is 0.740. The predicted octanol–water partition coefficient (Wildman–Crippen LogP) is 1.42. The second-order valence-electron chi connectivity index (χ2n) is 5.19. The largest absolute Gasteiger partial charge is 0.353 e. The molecule has 3 nitrogen and oxygen atoms in total. The molecule has 3 atom stereocenters. The first-order valence-corrected chi connectivity index (χ1v) is 6.24. The number of hydrogen-bond donors (Lipinski definition) is 2. The molecule has 0 aromatic rings. The van der Waals surface area contributed by atoms with Crippen LogP contribution in [0.15, 0.2) is 0 Å². The van der Waals surface area contributed by atoms with Crippen molar-refractivity contribution in [1.29, 1.82) is 0 Å². The van der Waals surface area contributed by atoms with Gasteiger partial charge in [0, 0.05) is 12.1 Å². The van der Waals surface area contributed by atoms with Gasteiger partial charge >= 0.3 is 0 Å². The van der Waals surface area contributed by atoms with Gasteiger partial charge in [-0.15, -0.1) is 0 Å². The molecule has 2 saturated carbocycles. The van der Waals surface area contributed by atoms with Crippen molar-refractivity contribution in [2.75, 3.05) is 0 Å². The van der Waals surface area contributed by atoms with E-state index in [1.54, 1.807) is 0 Å². The van der Waals surface area contributed by atoms with Crippen molar-refractivity contribution in [1.82, 2.24) is 5.32 Å². The molecule has 0 aromatic heterocycles. The Kier molecular flexibility index (Phi) is 3.29. The van der Waals surface area contributed by atoms with Crippen LogP contribution in [0.2, 0.25) is 0 Å². The lowest BCUT2D eigenvalue weighted by molar-refractivity contribution is -0.127. The smallest absolute Gasteiger partial charge is 0.224 e. The summed E-state index contributed by atoms with van der Waals surface area (Å²) in [7, 11) is 0. The van der Waals surface area contributed by atoms with Crippen LogP contribution in [-0.2, 0) is 4.79 Å². The van der Waals surface area contributed by atoms with Gasteiger partial charge in [-0.2, -0.15) is 0 Å². The number of carbonyl (C=O) groups is 1. The van der Waals surface area contributed by atoms with Crippen LogP contribution >= 0.6 is 0 Å². The minimum absolute atomic E-state index is 0.0694. The van der Waals surface area contributed by atoms with E-state index in [0.29, 0.717) is 6.04 Å². The van der Waals surface area contributed by atoms with E-state index in [4.69, 9.17) is 5.73 Å². The first-order chi connectivity index (χ1) is 7.18. The van der Waals surface area contributed by atoms with E-state index in [1.807, 2.05) is 0 Å². The highest BCUT2D eigenvalue weighted by atomic mass is 16.2. The van der Waals surface area contributed by atoms with Gasteiger partial charge in [0.15, 0.2) is 0 Å². The topological polar surface area (TPSA) is 55.1 Å². The number of nitrogens with two attached hydrogens (primary N) is 1. The third-order valence-corrected chi connectivity index (χ3v) is 3.86. The third kappa shape index (κ3) is 2.71. The molecule has 0 heterocycles. The summed E-state index contributed by atoms with van der Waals surface area (Å²) >= 11 is 0. The number of amides is 1. The molecule has 2 aliphatic carbocycles. The summed E-state index contributed by atoms with van der Waals surface area (Å²) in [6.45, 7) is 2.11. The van der Waals surface area contributed by atoms with Crippen molar-refractivity contribution in [3.63, 3.8) is 0 Å². The average Bonchev–Trinajstić information content (AvgIpc) is 3.01. The van der Waals surface area contributed by atoms with Crippen LogP contribution in [0, 0.1) is 11.8 Å². The Morgan fingerprint density at radius 2 is 1.93 bits per heavy atom. The summed E-state index contributed by atoms with van der Waals surface area (Å²) in [5.41, 5.74) is 5.99. The Labute approximate surface area is 91.8 Å². The molecule has 0 aromatic carbocycles. The molecule has 86 valence electrons. The van der Waals surface area contributed by atoms with Crippen LogP contribution in [0.4, 0.5) is 0 Å². The van der Waals surface area contributed by atoms with E-state index in [9.17, 15) is 4.79 Å². The van der Waals surface area contributed by atoms with Gasteiger partial charge in [0.05, 0.1) is 5.92 Å². The van der Waals surface area contributed by atoms with Gasteiger partial charge in [-0.1, -0.05) is 12.8 Å². The molecule has 2 fully saturated rings. The highest BCUT2D eigenvalue weighted by molar-refractivity contribution is 5.79. The second kappa shape index (κ2) is 4.52.